The van der Waals surface area contributed by atoms with Gasteiger partial charge in [-0.15, -0.1) is 0 Å². The van der Waals surface area contributed by atoms with Crippen LogP contribution in [0.2, 0.25) is 0 Å². The first-order valence-electron chi connectivity index (χ1n) is 5.43. The van der Waals surface area contributed by atoms with Crippen molar-refractivity contribution < 1.29 is 13.0 Å². The second-order valence-corrected chi connectivity index (χ2v) is 5.52. The zero-order valence-electron chi connectivity index (χ0n) is 9.26. The lowest BCUT2D eigenvalue weighted by molar-refractivity contribution is 0.480. The van der Waals surface area contributed by atoms with Crippen molar-refractivity contribution >= 4 is 21.2 Å². The molecular formula is C11H14N2O3S. The van der Waals surface area contributed by atoms with Crippen molar-refractivity contribution in [3.8, 4) is 0 Å². The first kappa shape index (κ1) is 12.1. The number of unbranched alkanes of at least 4 members (excludes halogenated alkanes) is 1. The molecule has 0 aliphatic rings. The molecule has 0 radical (unpaired) electrons. The number of fused-ring (bicyclic) bond motifs is 1. The normalized spacial score (nSPS) is 12.1. The summed E-state index contributed by atoms with van der Waals surface area (Å²) in [5, 5.41) is 0. The third kappa shape index (κ3) is 3.54. The molecule has 0 amide bonds. The molecule has 1 heterocycles. The minimum atomic E-state index is -3.83. The van der Waals surface area contributed by atoms with Crippen molar-refractivity contribution in [1.29, 1.82) is 0 Å². The lowest BCUT2D eigenvalue weighted by atomic mass is 10.2. The van der Waals surface area contributed by atoms with Gasteiger partial charge in [0.05, 0.1) is 16.8 Å². The Morgan fingerprint density at radius 1 is 1.24 bits per heavy atom. The predicted octanol–water partition coefficient (Wildman–Crippen LogP) is 1.77. The maximum atomic E-state index is 10.5. The van der Waals surface area contributed by atoms with Crippen molar-refractivity contribution in [3.63, 3.8) is 0 Å². The fourth-order valence-corrected chi connectivity index (χ4v) is 2.27. The summed E-state index contributed by atoms with van der Waals surface area (Å²) in [6.07, 6.45) is 1.81. The summed E-state index contributed by atoms with van der Waals surface area (Å²) in [6, 6.07) is 7.73. The fraction of sp³-hybridized carbons (Fsp3) is 0.364. The van der Waals surface area contributed by atoms with Gasteiger partial charge < -0.3 is 4.98 Å². The molecule has 0 aliphatic carbocycles. The number of rotatable bonds is 5. The number of benzene rings is 1. The van der Waals surface area contributed by atoms with Crippen LogP contribution >= 0.6 is 0 Å². The number of imidazole rings is 1. The first-order chi connectivity index (χ1) is 8.04. The van der Waals surface area contributed by atoms with Gasteiger partial charge in [0, 0.05) is 6.42 Å². The molecule has 0 unspecified atom stereocenters. The Morgan fingerprint density at radius 3 is 2.71 bits per heavy atom. The number of nitrogens with zero attached hydrogens (tertiary/aromatic N) is 1. The first-order valence-corrected chi connectivity index (χ1v) is 7.04. The molecule has 5 nitrogen and oxygen atoms in total. The lowest BCUT2D eigenvalue weighted by Crippen LogP contribution is -2.04. The number of H-pyrrole nitrogens is 1. The minimum Gasteiger partial charge on any atom is -0.342 e. The standard InChI is InChI=1S/C11H14N2O3S/c14-17(15,16)8-4-3-7-11-12-9-5-1-2-6-10(9)13-11/h1-2,5-6H,3-4,7-8H2,(H,12,13)(H,14,15,16). The van der Waals surface area contributed by atoms with Crippen LogP contribution < -0.4 is 0 Å². The number of nitrogens with one attached hydrogen (secondary N) is 1. The summed E-state index contributed by atoms with van der Waals surface area (Å²) in [6.45, 7) is 0. The van der Waals surface area contributed by atoms with Gasteiger partial charge in [-0.3, -0.25) is 4.55 Å². The van der Waals surface area contributed by atoms with Crippen LogP contribution in [-0.4, -0.2) is 28.7 Å². The third-order valence-corrected chi connectivity index (χ3v) is 3.31. The number of hydrogen-bond donors (Lipinski definition) is 2. The average molecular weight is 254 g/mol. The molecule has 6 heteroatoms. The quantitative estimate of drug-likeness (QED) is 0.629. The van der Waals surface area contributed by atoms with Crippen molar-refractivity contribution in [2.24, 2.45) is 0 Å². The van der Waals surface area contributed by atoms with Crippen LogP contribution in [-0.2, 0) is 16.5 Å². The summed E-state index contributed by atoms with van der Waals surface area (Å²) in [5.74, 6) is 0.661. The number of aromatic amines is 1. The van der Waals surface area contributed by atoms with Crippen LogP contribution in [0.3, 0.4) is 0 Å². The molecule has 2 N–H and O–H groups in total. The van der Waals surface area contributed by atoms with Crippen LogP contribution in [0.25, 0.3) is 11.0 Å². The maximum absolute atomic E-state index is 10.5. The van der Waals surface area contributed by atoms with Gasteiger partial charge in [-0.25, -0.2) is 4.98 Å². The van der Waals surface area contributed by atoms with Crippen LogP contribution in [0.15, 0.2) is 24.3 Å². The Balaban J connectivity index is 1.91. The van der Waals surface area contributed by atoms with Gasteiger partial charge in [0.2, 0.25) is 0 Å². The van der Waals surface area contributed by atoms with Crippen LogP contribution in [0, 0.1) is 0 Å². The minimum absolute atomic E-state index is 0.187. The van der Waals surface area contributed by atoms with E-state index in [-0.39, 0.29) is 5.75 Å². The van der Waals surface area contributed by atoms with Gasteiger partial charge in [0.1, 0.15) is 5.82 Å². The highest BCUT2D eigenvalue weighted by Crippen LogP contribution is 2.11. The zero-order valence-corrected chi connectivity index (χ0v) is 10.1. The molecule has 0 bridgehead atoms. The van der Waals surface area contributed by atoms with Crippen LogP contribution in [0.4, 0.5) is 0 Å². The van der Waals surface area contributed by atoms with Crippen molar-refractivity contribution in [2.75, 3.05) is 5.75 Å². The number of para-hydroxylation sites is 2. The highest BCUT2D eigenvalue weighted by molar-refractivity contribution is 7.85. The maximum Gasteiger partial charge on any atom is 0.264 e. The lowest BCUT2D eigenvalue weighted by Gasteiger charge is -1.96. The van der Waals surface area contributed by atoms with E-state index < -0.39 is 10.1 Å². The molecule has 0 spiro atoms. The zero-order chi connectivity index (χ0) is 12.3. The summed E-state index contributed by atoms with van der Waals surface area (Å²) in [4.78, 5) is 7.55. The topological polar surface area (TPSA) is 83.1 Å². The molecule has 0 saturated heterocycles. The molecule has 17 heavy (non-hydrogen) atoms. The fourth-order valence-electron chi connectivity index (χ4n) is 1.70. The second-order valence-electron chi connectivity index (χ2n) is 3.94. The van der Waals surface area contributed by atoms with E-state index in [1.807, 2.05) is 24.3 Å². The highest BCUT2D eigenvalue weighted by atomic mass is 32.2. The van der Waals surface area contributed by atoms with Gasteiger partial charge >= 0.3 is 0 Å². The molecule has 2 rings (SSSR count). The van der Waals surface area contributed by atoms with Crippen LogP contribution in [0.1, 0.15) is 18.7 Å². The summed E-state index contributed by atoms with van der Waals surface area (Å²) < 4.78 is 29.6. The van der Waals surface area contributed by atoms with E-state index >= 15 is 0 Å². The Bertz CT molecular complexity index is 571. The Kier molecular flexibility index (Phi) is 3.44. The molecule has 0 atom stereocenters. The largest absolute Gasteiger partial charge is 0.342 e. The van der Waals surface area contributed by atoms with E-state index in [2.05, 4.69) is 9.97 Å². The predicted molar refractivity (Wildman–Crippen MR) is 65.4 cm³/mol. The highest BCUT2D eigenvalue weighted by Gasteiger charge is 2.05. The molecule has 2 aromatic rings. The molecule has 92 valence electrons. The summed E-state index contributed by atoms with van der Waals surface area (Å²) in [5.41, 5.74) is 1.90. The summed E-state index contributed by atoms with van der Waals surface area (Å²) in [7, 11) is -3.83. The number of hydrogen-bond acceptors (Lipinski definition) is 3. The van der Waals surface area contributed by atoms with Gasteiger partial charge in [0.25, 0.3) is 10.1 Å². The summed E-state index contributed by atoms with van der Waals surface area (Å²) >= 11 is 0. The molecule has 1 aromatic heterocycles. The molecule has 0 aliphatic heterocycles. The van der Waals surface area contributed by atoms with E-state index in [9.17, 15) is 8.42 Å². The number of aryl methyl sites for hydroxylation is 1. The van der Waals surface area contributed by atoms with E-state index in [1.165, 1.54) is 0 Å². The van der Waals surface area contributed by atoms with Crippen molar-refractivity contribution in [3.05, 3.63) is 30.1 Å². The molecule has 0 fully saturated rings. The van der Waals surface area contributed by atoms with Crippen molar-refractivity contribution in [1.82, 2.24) is 9.97 Å². The van der Waals surface area contributed by atoms with Gasteiger partial charge in [0.15, 0.2) is 0 Å². The Morgan fingerprint density at radius 2 is 2.00 bits per heavy atom. The van der Waals surface area contributed by atoms with E-state index in [0.29, 0.717) is 19.3 Å². The Hall–Kier alpha value is -1.40. The van der Waals surface area contributed by atoms with E-state index in [4.69, 9.17) is 4.55 Å². The van der Waals surface area contributed by atoms with E-state index in [1.54, 1.807) is 0 Å². The number of aromatic nitrogens is 2. The monoisotopic (exact) mass is 254 g/mol. The van der Waals surface area contributed by atoms with Gasteiger partial charge in [-0.05, 0) is 25.0 Å². The molecule has 1 aromatic carbocycles. The van der Waals surface area contributed by atoms with Crippen LogP contribution in [0.5, 0.6) is 0 Å². The average Bonchev–Trinajstić information content (AvgIpc) is 2.65. The van der Waals surface area contributed by atoms with E-state index in [0.717, 1.165) is 16.9 Å². The van der Waals surface area contributed by atoms with Gasteiger partial charge in [-0.1, -0.05) is 12.1 Å². The molecular weight excluding hydrogens is 240 g/mol. The van der Waals surface area contributed by atoms with Gasteiger partial charge in [-0.2, -0.15) is 8.42 Å². The smallest absolute Gasteiger partial charge is 0.264 e. The SMILES string of the molecule is O=S(=O)(O)CCCCc1nc2ccccc2[nH]1. The Labute approximate surface area is 99.6 Å². The molecule has 0 saturated carbocycles. The second kappa shape index (κ2) is 4.85. The van der Waals surface area contributed by atoms with Crippen molar-refractivity contribution in [2.45, 2.75) is 19.3 Å². The third-order valence-electron chi connectivity index (χ3n) is 2.50.